The van der Waals surface area contributed by atoms with Crippen LogP contribution in [0.15, 0.2) is 34.7 Å². The van der Waals surface area contributed by atoms with Crippen molar-refractivity contribution in [3.63, 3.8) is 0 Å². The zero-order valence-electron chi connectivity index (χ0n) is 10.2. The van der Waals surface area contributed by atoms with Crippen molar-refractivity contribution in [3.8, 4) is 0 Å². The molecule has 0 aliphatic rings. The summed E-state index contributed by atoms with van der Waals surface area (Å²) in [5.74, 6) is 0. The average molecular weight is 282 g/mol. The van der Waals surface area contributed by atoms with Gasteiger partial charge in [-0.2, -0.15) is 0 Å². The Bertz CT molecular complexity index is 630. The fraction of sp³-hybridized carbons (Fsp3) is 0.250. The molecule has 1 heterocycles. The summed E-state index contributed by atoms with van der Waals surface area (Å²) in [7, 11) is -3.12. The van der Waals surface area contributed by atoms with E-state index in [9.17, 15) is 8.42 Å². The van der Waals surface area contributed by atoms with E-state index in [4.69, 9.17) is 0 Å². The highest BCUT2D eigenvalue weighted by Gasteiger charge is 2.06. The van der Waals surface area contributed by atoms with Gasteiger partial charge in [0.1, 0.15) is 0 Å². The van der Waals surface area contributed by atoms with Crippen LogP contribution in [0.5, 0.6) is 0 Å². The molecule has 0 saturated carbocycles. The van der Waals surface area contributed by atoms with Crippen LogP contribution in [0.3, 0.4) is 0 Å². The average Bonchev–Trinajstić information content (AvgIpc) is 2.72. The van der Waals surface area contributed by atoms with Gasteiger partial charge in [-0.3, -0.25) is 0 Å². The summed E-state index contributed by atoms with van der Waals surface area (Å²) in [6.45, 7) is 2.68. The Labute approximate surface area is 111 Å². The predicted molar refractivity (Wildman–Crippen MR) is 73.7 cm³/mol. The standard InChI is InChI=1S/C12H14N2O2S2/c1-9-12(17-8-14-9)7-13-10-3-5-11(6-4-10)18(2,15)16/h3-6,8,13H,7H2,1-2H3. The number of aryl methyl sites for hydroxylation is 1. The van der Waals surface area contributed by atoms with Crippen LogP contribution in [0.2, 0.25) is 0 Å². The van der Waals surface area contributed by atoms with Gasteiger partial charge in [-0.25, -0.2) is 13.4 Å². The maximum atomic E-state index is 11.3. The molecule has 1 N–H and O–H groups in total. The van der Waals surface area contributed by atoms with Crippen LogP contribution < -0.4 is 5.32 Å². The zero-order valence-corrected chi connectivity index (χ0v) is 11.8. The Hall–Kier alpha value is -1.40. The Morgan fingerprint density at radius 3 is 2.44 bits per heavy atom. The number of hydrogen-bond acceptors (Lipinski definition) is 5. The molecule has 0 spiro atoms. The van der Waals surface area contributed by atoms with Gasteiger partial charge in [-0.05, 0) is 31.2 Å². The molecule has 1 aromatic heterocycles. The fourth-order valence-electron chi connectivity index (χ4n) is 1.50. The van der Waals surface area contributed by atoms with E-state index >= 15 is 0 Å². The van der Waals surface area contributed by atoms with Crippen molar-refractivity contribution in [2.75, 3.05) is 11.6 Å². The first kappa shape index (κ1) is 13.0. The SMILES string of the molecule is Cc1ncsc1CNc1ccc(S(C)(=O)=O)cc1. The summed E-state index contributed by atoms with van der Waals surface area (Å²) in [6, 6.07) is 6.76. The molecule has 4 nitrogen and oxygen atoms in total. The van der Waals surface area contributed by atoms with Crippen molar-refractivity contribution in [3.05, 3.63) is 40.3 Å². The Morgan fingerprint density at radius 1 is 1.28 bits per heavy atom. The van der Waals surface area contributed by atoms with Gasteiger partial charge in [0.15, 0.2) is 9.84 Å². The van der Waals surface area contributed by atoms with Crippen LogP contribution in [0.1, 0.15) is 10.6 Å². The molecule has 0 radical (unpaired) electrons. The third kappa shape index (κ3) is 3.08. The van der Waals surface area contributed by atoms with Crippen molar-refractivity contribution < 1.29 is 8.42 Å². The molecule has 2 rings (SSSR count). The van der Waals surface area contributed by atoms with E-state index in [1.807, 2.05) is 12.4 Å². The summed E-state index contributed by atoms with van der Waals surface area (Å²) >= 11 is 1.61. The third-order valence-corrected chi connectivity index (χ3v) is 4.64. The van der Waals surface area contributed by atoms with E-state index in [-0.39, 0.29) is 0 Å². The number of sulfone groups is 1. The van der Waals surface area contributed by atoms with Gasteiger partial charge in [0, 0.05) is 16.8 Å². The predicted octanol–water partition coefficient (Wildman–Crippen LogP) is 2.47. The maximum absolute atomic E-state index is 11.3. The molecular formula is C12H14N2O2S2. The molecule has 18 heavy (non-hydrogen) atoms. The molecule has 0 unspecified atom stereocenters. The highest BCUT2D eigenvalue weighted by atomic mass is 32.2. The lowest BCUT2D eigenvalue weighted by Crippen LogP contribution is -2.00. The molecule has 1 aromatic carbocycles. The van der Waals surface area contributed by atoms with Crippen LogP contribution in [-0.2, 0) is 16.4 Å². The molecule has 0 bridgehead atoms. The van der Waals surface area contributed by atoms with E-state index in [0.29, 0.717) is 11.4 Å². The third-order valence-electron chi connectivity index (χ3n) is 2.58. The van der Waals surface area contributed by atoms with Crippen molar-refractivity contribution in [2.24, 2.45) is 0 Å². The van der Waals surface area contributed by atoms with Crippen LogP contribution in [0.25, 0.3) is 0 Å². The van der Waals surface area contributed by atoms with Crippen molar-refractivity contribution in [1.29, 1.82) is 0 Å². The number of nitrogens with zero attached hydrogens (tertiary/aromatic N) is 1. The number of rotatable bonds is 4. The Balaban J connectivity index is 2.05. The molecule has 6 heteroatoms. The fourth-order valence-corrected chi connectivity index (χ4v) is 2.85. The number of hydrogen-bond donors (Lipinski definition) is 1. The number of anilines is 1. The van der Waals surface area contributed by atoms with Gasteiger partial charge in [-0.15, -0.1) is 11.3 Å². The Morgan fingerprint density at radius 2 is 1.94 bits per heavy atom. The molecule has 0 aliphatic carbocycles. The summed E-state index contributed by atoms with van der Waals surface area (Å²) < 4.78 is 22.6. The molecule has 0 atom stereocenters. The monoisotopic (exact) mass is 282 g/mol. The normalized spacial score (nSPS) is 11.4. The first-order chi connectivity index (χ1) is 8.47. The van der Waals surface area contributed by atoms with E-state index < -0.39 is 9.84 Å². The quantitative estimate of drug-likeness (QED) is 0.936. The van der Waals surface area contributed by atoms with Gasteiger partial charge in [-0.1, -0.05) is 0 Å². The molecule has 2 aromatic rings. The Kier molecular flexibility index (Phi) is 3.68. The first-order valence-corrected chi connectivity index (χ1v) is 8.17. The van der Waals surface area contributed by atoms with Gasteiger partial charge < -0.3 is 5.32 Å². The molecule has 0 fully saturated rings. The van der Waals surface area contributed by atoms with Gasteiger partial charge in [0.25, 0.3) is 0 Å². The van der Waals surface area contributed by atoms with E-state index in [1.165, 1.54) is 11.1 Å². The lowest BCUT2D eigenvalue weighted by atomic mass is 10.3. The lowest BCUT2D eigenvalue weighted by molar-refractivity contribution is 0.602. The summed E-state index contributed by atoms with van der Waals surface area (Å²) in [5.41, 5.74) is 3.74. The van der Waals surface area contributed by atoms with Crippen LogP contribution >= 0.6 is 11.3 Å². The minimum Gasteiger partial charge on any atom is -0.380 e. The molecule has 96 valence electrons. The van der Waals surface area contributed by atoms with Gasteiger partial charge in [0.2, 0.25) is 0 Å². The largest absolute Gasteiger partial charge is 0.380 e. The van der Waals surface area contributed by atoms with Crippen LogP contribution in [0, 0.1) is 6.92 Å². The van der Waals surface area contributed by atoms with Crippen molar-refractivity contribution >= 4 is 26.9 Å². The van der Waals surface area contributed by atoms with Crippen molar-refractivity contribution in [2.45, 2.75) is 18.4 Å². The molecule has 0 aliphatic heterocycles. The van der Waals surface area contributed by atoms with Gasteiger partial charge in [0.05, 0.1) is 22.6 Å². The number of nitrogens with one attached hydrogen (secondary N) is 1. The van der Waals surface area contributed by atoms with Crippen LogP contribution in [0.4, 0.5) is 5.69 Å². The van der Waals surface area contributed by atoms with E-state index in [1.54, 1.807) is 35.6 Å². The first-order valence-electron chi connectivity index (χ1n) is 5.40. The number of benzene rings is 1. The zero-order chi connectivity index (χ0) is 13.2. The lowest BCUT2D eigenvalue weighted by Gasteiger charge is -2.06. The number of thiazole rings is 1. The highest BCUT2D eigenvalue weighted by Crippen LogP contribution is 2.17. The maximum Gasteiger partial charge on any atom is 0.175 e. The minimum atomic E-state index is -3.12. The summed E-state index contributed by atoms with van der Waals surface area (Å²) in [5, 5.41) is 3.24. The summed E-state index contributed by atoms with van der Waals surface area (Å²) in [6.07, 6.45) is 1.20. The second kappa shape index (κ2) is 5.07. The highest BCUT2D eigenvalue weighted by molar-refractivity contribution is 7.90. The second-order valence-electron chi connectivity index (χ2n) is 4.01. The topological polar surface area (TPSA) is 59.1 Å². The molecular weight excluding hydrogens is 268 g/mol. The van der Waals surface area contributed by atoms with Gasteiger partial charge >= 0.3 is 0 Å². The van der Waals surface area contributed by atoms with Crippen molar-refractivity contribution in [1.82, 2.24) is 4.98 Å². The van der Waals surface area contributed by atoms with E-state index in [0.717, 1.165) is 11.4 Å². The molecule has 0 amide bonds. The second-order valence-corrected chi connectivity index (χ2v) is 6.97. The minimum absolute atomic E-state index is 0.335. The van der Waals surface area contributed by atoms with Crippen LogP contribution in [-0.4, -0.2) is 19.7 Å². The summed E-state index contributed by atoms with van der Waals surface area (Å²) in [4.78, 5) is 5.69. The van der Waals surface area contributed by atoms with E-state index in [2.05, 4.69) is 10.3 Å². The smallest absolute Gasteiger partial charge is 0.175 e. The molecule has 0 saturated heterocycles. The number of aromatic nitrogens is 1.